The van der Waals surface area contributed by atoms with Crippen molar-refractivity contribution in [2.75, 3.05) is 6.61 Å². The van der Waals surface area contributed by atoms with E-state index in [1.807, 2.05) is 18.2 Å². The first-order valence-electron chi connectivity index (χ1n) is 7.01. The molecule has 0 spiro atoms. The average Bonchev–Trinajstić information content (AvgIpc) is 2.68. The van der Waals surface area contributed by atoms with E-state index in [9.17, 15) is 4.79 Å². The van der Waals surface area contributed by atoms with Crippen LogP contribution in [0.5, 0.6) is 0 Å². The number of nitrogens with zero attached hydrogens (tertiary/aromatic N) is 2. The minimum absolute atomic E-state index is 0.253. The zero-order valence-corrected chi connectivity index (χ0v) is 14.8. The largest absolute Gasteiger partial charge is 0.465 e. The maximum absolute atomic E-state index is 12.3. The molecule has 1 aromatic rings. The van der Waals surface area contributed by atoms with Crippen molar-refractivity contribution in [1.82, 2.24) is 5.09 Å². The van der Waals surface area contributed by atoms with Crippen molar-refractivity contribution in [3.8, 4) is 0 Å². The van der Waals surface area contributed by atoms with Crippen LogP contribution < -0.4 is 5.09 Å². The van der Waals surface area contributed by atoms with E-state index in [-0.39, 0.29) is 6.61 Å². The highest BCUT2D eigenvalue weighted by atomic mass is 32.5. The molecule has 0 saturated heterocycles. The van der Waals surface area contributed by atoms with Crippen LogP contribution in [0.4, 0.5) is 0 Å². The van der Waals surface area contributed by atoms with Crippen LogP contribution in [0.25, 0.3) is 0 Å². The van der Waals surface area contributed by atoms with Crippen LogP contribution in [0.1, 0.15) is 32.4 Å². The lowest BCUT2D eigenvalue weighted by Crippen LogP contribution is -2.28. The Labute approximate surface area is 139 Å². The minimum atomic E-state index is -3.12. The Balaban J connectivity index is 2.27. The van der Waals surface area contributed by atoms with Gasteiger partial charge in [0.2, 0.25) is 0 Å². The Morgan fingerprint density at radius 1 is 1.26 bits per heavy atom. The summed E-state index contributed by atoms with van der Waals surface area (Å²) in [5, 5.41) is 10.7. The molecule has 1 unspecified atom stereocenters. The highest BCUT2D eigenvalue weighted by molar-refractivity contribution is 8.08. The van der Waals surface area contributed by atoms with E-state index in [4.69, 9.17) is 25.8 Å². The van der Waals surface area contributed by atoms with Crippen LogP contribution >= 0.6 is 6.64 Å². The first kappa shape index (κ1) is 17.6. The molecule has 0 bridgehead atoms. The molecular formula is C14H18N3O4PS. The number of ether oxygens (including phenoxy) is 1. The average molecular weight is 355 g/mol. The number of carbonyl (C=O) groups excluding carboxylic acids is 1. The first-order chi connectivity index (χ1) is 10.9. The zero-order chi connectivity index (χ0) is 16.9. The van der Waals surface area contributed by atoms with Gasteiger partial charge in [0.1, 0.15) is 17.5 Å². The van der Waals surface area contributed by atoms with Gasteiger partial charge in [-0.3, -0.25) is 0 Å². The van der Waals surface area contributed by atoms with Gasteiger partial charge in [0.15, 0.2) is 0 Å². The Bertz CT molecular complexity index is 654. The molecular weight excluding hydrogens is 337 g/mol. The second-order valence-electron chi connectivity index (χ2n) is 4.74. The first-order valence-corrected chi connectivity index (χ1v) is 9.65. The maximum atomic E-state index is 12.3. The molecule has 1 heterocycles. The summed E-state index contributed by atoms with van der Waals surface area (Å²) >= 11 is 5.36. The van der Waals surface area contributed by atoms with Crippen molar-refractivity contribution in [2.45, 2.75) is 26.8 Å². The predicted octanol–water partition coefficient (Wildman–Crippen LogP) is 2.90. The van der Waals surface area contributed by atoms with Gasteiger partial charge >= 0.3 is 12.6 Å². The summed E-state index contributed by atoms with van der Waals surface area (Å²) in [5.41, 5.74) is 1.81. The molecule has 1 aromatic carbocycles. The number of hydrogen-bond acceptors (Lipinski definition) is 7. The van der Waals surface area contributed by atoms with Gasteiger partial charge in [-0.05, 0) is 26.3 Å². The van der Waals surface area contributed by atoms with Gasteiger partial charge in [0.05, 0.1) is 6.61 Å². The van der Waals surface area contributed by atoms with Crippen molar-refractivity contribution in [2.24, 2.45) is 10.3 Å². The Morgan fingerprint density at radius 2 is 1.83 bits per heavy atom. The van der Waals surface area contributed by atoms with Crippen LogP contribution in [0, 0.1) is 0 Å². The predicted molar refractivity (Wildman–Crippen MR) is 91.6 cm³/mol. The van der Waals surface area contributed by atoms with Crippen LogP contribution in [0.3, 0.4) is 0 Å². The number of carbonyl (C=O) groups is 1. The van der Waals surface area contributed by atoms with Gasteiger partial charge in [0, 0.05) is 11.8 Å². The van der Waals surface area contributed by atoms with Crippen molar-refractivity contribution < 1.29 is 18.8 Å². The quantitative estimate of drug-likeness (QED) is 0.646. The molecule has 2 rings (SSSR count). The minimum Gasteiger partial charge on any atom is -0.465 e. The topological polar surface area (TPSA) is 81.5 Å². The molecule has 1 atom stereocenters. The number of esters is 1. The third-order valence-electron chi connectivity index (χ3n) is 3.04. The number of rotatable bonds is 5. The zero-order valence-electron chi connectivity index (χ0n) is 13.1. The highest BCUT2D eigenvalue weighted by Crippen LogP contribution is 2.48. The number of nitrogens with one attached hydrogen (secondary N) is 1. The van der Waals surface area contributed by atoms with Gasteiger partial charge < -0.3 is 14.0 Å². The summed E-state index contributed by atoms with van der Waals surface area (Å²) in [6, 6.07) is 8.23. The fourth-order valence-electron chi connectivity index (χ4n) is 1.72. The monoisotopic (exact) mass is 355 g/mol. The molecule has 1 N–H and O–H groups in total. The van der Waals surface area contributed by atoms with Crippen molar-refractivity contribution in [3.05, 3.63) is 35.9 Å². The van der Waals surface area contributed by atoms with E-state index in [0.29, 0.717) is 17.0 Å². The van der Waals surface area contributed by atoms with Gasteiger partial charge in [-0.15, -0.1) is 0 Å². The molecule has 1 aliphatic heterocycles. The lowest BCUT2D eigenvalue weighted by Gasteiger charge is -2.22. The molecule has 23 heavy (non-hydrogen) atoms. The van der Waals surface area contributed by atoms with Gasteiger partial charge in [0.25, 0.3) is 0 Å². The van der Waals surface area contributed by atoms with Gasteiger partial charge in [-0.1, -0.05) is 40.6 Å². The van der Waals surface area contributed by atoms with E-state index >= 15 is 0 Å². The molecule has 0 aromatic heterocycles. The van der Waals surface area contributed by atoms with E-state index in [1.165, 1.54) is 0 Å². The molecule has 9 heteroatoms. The second-order valence-corrected chi connectivity index (χ2v) is 7.76. The maximum Gasteiger partial charge on any atom is 0.408 e. The molecule has 1 aliphatic rings. The lowest BCUT2D eigenvalue weighted by atomic mass is 10.1. The summed E-state index contributed by atoms with van der Waals surface area (Å²) in [5.74, 6) is -0.472. The van der Waals surface area contributed by atoms with E-state index in [1.54, 1.807) is 32.9 Å². The number of hydrogen-bond donors (Lipinski definition) is 1. The summed E-state index contributed by atoms with van der Waals surface area (Å²) in [7, 11) is 0. The molecule has 124 valence electrons. The molecule has 0 saturated carbocycles. The molecule has 0 aliphatic carbocycles. The van der Waals surface area contributed by atoms with E-state index in [0.717, 1.165) is 0 Å². The SMILES string of the molecule is CCOC(=O)C(NP1(=S)ON=C(C)C(C)=NO1)c1ccccc1. The molecule has 0 radical (unpaired) electrons. The van der Waals surface area contributed by atoms with Crippen LogP contribution in [0.15, 0.2) is 40.6 Å². The summed E-state index contributed by atoms with van der Waals surface area (Å²) in [4.78, 5) is 12.3. The normalized spacial score (nSPS) is 17.7. The fraction of sp³-hybridized carbons (Fsp3) is 0.357. The van der Waals surface area contributed by atoms with Crippen LogP contribution in [-0.4, -0.2) is 24.0 Å². The third-order valence-corrected chi connectivity index (χ3v) is 4.92. The van der Waals surface area contributed by atoms with E-state index < -0.39 is 18.7 Å². The Kier molecular flexibility index (Phi) is 5.87. The number of oxime groups is 2. The van der Waals surface area contributed by atoms with Gasteiger partial charge in [-0.2, -0.15) is 0 Å². The van der Waals surface area contributed by atoms with Crippen LogP contribution in [-0.2, 0) is 30.6 Å². The molecule has 0 amide bonds. The summed E-state index contributed by atoms with van der Waals surface area (Å²) in [6.07, 6.45) is 0. The highest BCUT2D eigenvalue weighted by Gasteiger charge is 2.34. The molecule has 0 fully saturated rings. The number of benzene rings is 1. The smallest absolute Gasteiger partial charge is 0.408 e. The van der Waals surface area contributed by atoms with Crippen molar-refractivity contribution in [3.63, 3.8) is 0 Å². The third kappa shape index (κ3) is 4.60. The summed E-state index contributed by atoms with van der Waals surface area (Å²) in [6.45, 7) is 2.32. The fourth-order valence-corrected chi connectivity index (χ4v) is 3.39. The second kappa shape index (κ2) is 7.68. The van der Waals surface area contributed by atoms with Crippen molar-refractivity contribution >= 4 is 35.8 Å². The molecule has 7 nitrogen and oxygen atoms in total. The van der Waals surface area contributed by atoms with Crippen LogP contribution in [0.2, 0.25) is 0 Å². The van der Waals surface area contributed by atoms with Gasteiger partial charge in [-0.25, -0.2) is 9.88 Å². The summed E-state index contributed by atoms with van der Waals surface area (Å²) < 4.78 is 15.7. The van der Waals surface area contributed by atoms with E-state index in [2.05, 4.69) is 15.4 Å². The Hall–Kier alpha value is -1.76. The Morgan fingerprint density at radius 3 is 2.35 bits per heavy atom. The standard InChI is InChI=1S/C14H18N3O4PS/c1-4-19-14(18)13(12-8-6-5-7-9-12)17-22(23)20-15-10(2)11(3)16-21-22/h5-9,13H,4H2,1-3H3,(H,17,23). The lowest BCUT2D eigenvalue weighted by molar-refractivity contribution is -0.145. The van der Waals surface area contributed by atoms with Crippen molar-refractivity contribution in [1.29, 1.82) is 0 Å².